The lowest BCUT2D eigenvalue weighted by atomic mass is 10.0. The van der Waals surface area contributed by atoms with Gasteiger partial charge in [-0.25, -0.2) is 0 Å². The predicted octanol–water partition coefficient (Wildman–Crippen LogP) is 0.862. The second-order valence-corrected chi connectivity index (χ2v) is 4.51. The van der Waals surface area contributed by atoms with Gasteiger partial charge in [0.15, 0.2) is 11.5 Å². The van der Waals surface area contributed by atoms with Crippen LogP contribution in [0.1, 0.15) is 17.4 Å². The molecule has 0 aliphatic carbocycles. The maximum atomic E-state index is 10.2. The number of fused-ring (bicyclic) bond motifs is 1. The van der Waals surface area contributed by atoms with Crippen LogP contribution >= 0.6 is 0 Å². The highest BCUT2D eigenvalue weighted by Gasteiger charge is 2.16. The Bertz CT molecular complexity index is 582. The molecule has 1 N–H and O–H groups in total. The van der Waals surface area contributed by atoms with E-state index >= 15 is 0 Å². The van der Waals surface area contributed by atoms with E-state index in [0.717, 1.165) is 17.0 Å². The summed E-state index contributed by atoms with van der Waals surface area (Å²) < 4.78 is 12.6. The minimum atomic E-state index is -0.632. The molecule has 3 rings (SSSR count). The molecule has 0 fully saturated rings. The topological polar surface area (TPSA) is 69.4 Å². The van der Waals surface area contributed by atoms with Crippen molar-refractivity contribution in [3.05, 3.63) is 35.7 Å². The first-order valence-corrected chi connectivity index (χ1v) is 6.15. The number of nitrogens with zero attached hydrogens (tertiary/aromatic N) is 3. The maximum Gasteiger partial charge on any atom is 0.161 e. The molecule has 19 heavy (non-hydrogen) atoms. The van der Waals surface area contributed by atoms with Crippen molar-refractivity contribution in [2.75, 3.05) is 13.2 Å². The predicted molar refractivity (Wildman–Crippen MR) is 67.1 cm³/mol. The average Bonchev–Trinajstić information content (AvgIpc) is 2.83. The smallest absolute Gasteiger partial charge is 0.161 e. The number of aryl methyl sites for hydroxylation is 1. The number of rotatable bonds is 3. The van der Waals surface area contributed by atoms with Crippen LogP contribution in [-0.4, -0.2) is 33.3 Å². The Morgan fingerprint density at radius 3 is 2.84 bits per heavy atom. The zero-order chi connectivity index (χ0) is 13.2. The Balaban J connectivity index is 1.77. The second-order valence-electron chi connectivity index (χ2n) is 4.51. The SMILES string of the molecule is Cn1cc(CC(O)c2ccc3c(c2)OCCO3)nn1. The summed E-state index contributed by atoms with van der Waals surface area (Å²) in [5, 5.41) is 18.0. The first-order valence-electron chi connectivity index (χ1n) is 6.15. The van der Waals surface area contributed by atoms with Crippen LogP contribution in [0.3, 0.4) is 0 Å². The van der Waals surface area contributed by atoms with Crippen LogP contribution < -0.4 is 9.47 Å². The van der Waals surface area contributed by atoms with E-state index in [-0.39, 0.29) is 0 Å². The zero-order valence-corrected chi connectivity index (χ0v) is 10.6. The second kappa shape index (κ2) is 4.89. The third-order valence-corrected chi connectivity index (χ3v) is 3.00. The fraction of sp³-hybridized carbons (Fsp3) is 0.385. The zero-order valence-electron chi connectivity index (χ0n) is 10.6. The number of ether oxygens (including phenoxy) is 2. The lowest BCUT2D eigenvalue weighted by molar-refractivity contribution is 0.164. The molecule has 0 amide bonds. The molecular weight excluding hydrogens is 246 g/mol. The molecule has 1 aliphatic rings. The van der Waals surface area contributed by atoms with E-state index in [0.29, 0.717) is 25.4 Å². The van der Waals surface area contributed by atoms with Gasteiger partial charge in [-0.2, -0.15) is 0 Å². The van der Waals surface area contributed by atoms with E-state index in [2.05, 4.69) is 10.3 Å². The molecule has 1 atom stereocenters. The third-order valence-electron chi connectivity index (χ3n) is 3.00. The van der Waals surface area contributed by atoms with Crippen LogP contribution in [0.2, 0.25) is 0 Å². The summed E-state index contributed by atoms with van der Waals surface area (Å²) >= 11 is 0. The van der Waals surface area contributed by atoms with Crippen molar-refractivity contribution < 1.29 is 14.6 Å². The highest BCUT2D eigenvalue weighted by molar-refractivity contribution is 5.44. The molecule has 0 saturated carbocycles. The van der Waals surface area contributed by atoms with Gasteiger partial charge in [-0.05, 0) is 17.7 Å². The van der Waals surface area contributed by atoms with Gasteiger partial charge in [-0.3, -0.25) is 4.68 Å². The molecule has 100 valence electrons. The van der Waals surface area contributed by atoms with Crippen molar-refractivity contribution in [2.45, 2.75) is 12.5 Å². The minimum absolute atomic E-state index is 0.424. The molecule has 6 nitrogen and oxygen atoms in total. The number of hydrogen-bond donors (Lipinski definition) is 1. The Hall–Kier alpha value is -2.08. The first kappa shape index (κ1) is 12.0. The standard InChI is InChI=1S/C13H15N3O3/c1-16-8-10(14-15-16)7-11(17)9-2-3-12-13(6-9)19-5-4-18-12/h2-3,6,8,11,17H,4-5,7H2,1H3. The molecule has 0 spiro atoms. The van der Waals surface area contributed by atoms with Gasteiger partial charge in [0.25, 0.3) is 0 Å². The highest BCUT2D eigenvalue weighted by Crippen LogP contribution is 2.33. The van der Waals surface area contributed by atoms with E-state index in [1.165, 1.54) is 0 Å². The van der Waals surface area contributed by atoms with Gasteiger partial charge in [-0.15, -0.1) is 5.10 Å². The number of aromatic nitrogens is 3. The van der Waals surface area contributed by atoms with E-state index in [1.807, 2.05) is 18.2 Å². The number of hydrogen-bond acceptors (Lipinski definition) is 5. The maximum absolute atomic E-state index is 10.2. The van der Waals surface area contributed by atoms with Gasteiger partial charge in [0.05, 0.1) is 11.8 Å². The Morgan fingerprint density at radius 1 is 1.32 bits per heavy atom. The summed E-state index contributed by atoms with van der Waals surface area (Å²) in [6.45, 7) is 1.10. The normalized spacial score (nSPS) is 15.3. The highest BCUT2D eigenvalue weighted by atomic mass is 16.6. The van der Waals surface area contributed by atoms with Gasteiger partial charge in [0.1, 0.15) is 13.2 Å². The van der Waals surface area contributed by atoms with Gasteiger partial charge in [-0.1, -0.05) is 11.3 Å². The minimum Gasteiger partial charge on any atom is -0.486 e. The molecule has 0 bridgehead atoms. The number of benzene rings is 1. The lowest BCUT2D eigenvalue weighted by Crippen LogP contribution is -2.15. The van der Waals surface area contributed by atoms with Crippen molar-refractivity contribution in [1.29, 1.82) is 0 Å². The van der Waals surface area contributed by atoms with Crippen molar-refractivity contribution >= 4 is 0 Å². The number of aliphatic hydroxyl groups is 1. The Kier molecular flexibility index (Phi) is 3.08. The lowest BCUT2D eigenvalue weighted by Gasteiger charge is -2.20. The van der Waals surface area contributed by atoms with Crippen molar-refractivity contribution in [2.24, 2.45) is 7.05 Å². The molecule has 1 aromatic carbocycles. The Morgan fingerprint density at radius 2 is 2.11 bits per heavy atom. The van der Waals surface area contributed by atoms with Crippen LogP contribution in [0.4, 0.5) is 0 Å². The van der Waals surface area contributed by atoms with Gasteiger partial charge in [0.2, 0.25) is 0 Å². The van der Waals surface area contributed by atoms with E-state index in [4.69, 9.17) is 9.47 Å². The summed E-state index contributed by atoms with van der Waals surface area (Å²) in [5.74, 6) is 1.41. The summed E-state index contributed by atoms with van der Waals surface area (Å²) in [4.78, 5) is 0. The molecule has 2 aromatic rings. The Labute approximate surface area is 110 Å². The summed E-state index contributed by atoms with van der Waals surface area (Å²) in [6.07, 6.45) is 1.59. The third kappa shape index (κ3) is 2.53. The van der Waals surface area contributed by atoms with E-state index < -0.39 is 6.10 Å². The van der Waals surface area contributed by atoms with Gasteiger partial charge >= 0.3 is 0 Å². The van der Waals surface area contributed by atoms with E-state index in [1.54, 1.807) is 17.9 Å². The largest absolute Gasteiger partial charge is 0.486 e. The monoisotopic (exact) mass is 261 g/mol. The molecule has 0 saturated heterocycles. The van der Waals surface area contributed by atoms with Crippen LogP contribution in [-0.2, 0) is 13.5 Å². The fourth-order valence-corrected chi connectivity index (χ4v) is 2.07. The fourth-order valence-electron chi connectivity index (χ4n) is 2.07. The molecule has 6 heteroatoms. The average molecular weight is 261 g/mol. The van der Waals surface area contributed by atoms with Crippen LogP contribution in [0.15, 0.2) is 24.4 Å². The van der Waals surface area contributed by atoms with Crippen LogP contribution in [0, 0.1) is 0 Å². The molecule has 2 heterocycles. The molecule has 1 aliphatic heterocycles. The summed E-state index contributed by atoms with van der Waals surface area (Å²) in [6, 6.07) is 5.48. The number of aliphatic hydroxyl groups excluding tert-OH is 1. The van der Waals surface area contributed by atoms with E-state index in [9.17, 15) is 5.11 Å². The molecular formula is C13H15N3O3. The van der Waals surface area contributed by atoms with Crippen molar-refractivity contribution in [3.63, 3.8) is 0 Å². The first-order chi connectivity index (χ1) is 9.22. The van der Waals surface area contributed by atoms with Crippen LogP contribution in [0.5, 0.6) is 11.5 Å². The van der Waals surface area contributed by atoms with Gasteiger partial charge in [0, 0.05) is 19.7 Å². The van der Waals surface area contributed by atoms with Crippen molar-refractivity contribution in [3.8, 4) is 11.5 Å². The van der Waals surface area contributed by atoms with Gasteiger partial charge < -0.3 is 14.6 Å². The van der Waals surface area contributed by atoms with Crippen LogP contribution in [0.25, 0.3) is 0 Å². The molecule has 1 aromatic heterocycles. The summed E-state index contributed by atoms with van der Waals surface area (Å²) in [7, 11) is 1.80. The summed E-state index contributed by atoms with van der Waals surface area (Å²) in [5.41, 5.74) is 1.54. The quantitative estimate of drug-likeness (QED) is 0.887. The molecule has 1 unspecified atom stereocenters. The van der Waals surface area contributed by atoms with Crippen molar-refractivity contribution in [1.82, 2.24) is 15.0 Å². The molecule has 0 radical (unpaired) electrons.